The molecule has 1 amide bonds. The van der Waals surface area contributed by atoms with Crippen molar-refractivity contribution in [3.8, 4) is 0 Å². The van der Waals surface area contributed by atoms with E-state index in [1.54, 1.807) is 42.6 Å². The molecular formula is C21H24FN3O3. The molecule has 148 valence electrons. The maximum atomic E-state index is 13.3. The quantitative estimate of drug-likeness (QED) is 0.588. The van der Waals surface area contributed by atoms with Crippen LogP contribution in [-0.4, -0.2) is 57.0 Å². The molecule has 2 aromatic carbocycles. The molecule has 1 unspecified atom stereocenters. The third kappa shape index (κ3) is 5.37. The van der Waals surface area contributed by atoms with Crippen LogP contribution in [0.25, 0.3) is 0 Å². The predicted molar refractivity (Wildman–Crippen MR) is 105 cm³/mol. The first-order chi connectivity index (χ1) is 13.7. The summed E-state index contributed by atoms with van der Waals surface area (Å²) in [6.45, 7) is 3.26. The Bertz CT molecular complexity index is 788. The van der Waals surface area contributed by atoms with Gasteiger partial charge in [0, 0.05) is 25.2 Å². The highest BCUT2D eigenvalue weighted by Gasteiger charge is 2.23. The van der Waals surface area contributed by atoms with Gasteiger partial charge in [-0.3, -0.25) is 9.69 Å². The molecule has 0 radical (unpaired) electrons. The molecule has 1 heterocycles. The second kappa shape index (κ2) is 9.96. The number of benzene rings is 2. The van der Waals surface area contributed by atoms with Gasteiger partial charge >= 0.3 is 0 Å². The average Bonchev–Trinajstić information content (AvgIpc) is 2.74. The van der Waals surface area contributed by atoms with Gasteiger partial charge in [0.1, 0.15) is 12.9 Å². The van der Waals surface area contributed by atoms with Crippen LogP contribution in [0, 0.1) is 5.82 Å². The highest BCUT2D eigenvalue weighted by molar-refractivity contribution is 5.95. The van der Waals surface area contributed by atoms with E-state index in [2.05, 4.69) is 20.2 Å². The lowest BCUT2D eigenvalue weighted by atomic mass is 10.0. The Morgan fingerprint density at radius 3 is 2.54 bits per heavy atom. The van der Waals surface area contributed by atoms with Gasteiger partial charge in [0.15, 0.2) is 0 Å². The average molecular weight is 385 g/mol. The van der Waals surface area contributed by atoms with Gasteiger partial charge in [-0.25, -0.2) is 4.39 Å². The predicted octanol–water partition coefficient (Wildman–Crippen LogP) is 2.61. The number of oxime groups is 1. The van der Waals surface area contributed by atoms with Crippen LogP contribution in [0.5, 0.6) is 0 Å². The van der Waals surface area contributed by atoms with E-state index >= 15 is 0 Å². The second-order valence-electron chi connectivity index (χ2n) is 6.46. The number of rotatable bonds is 7. The molecule has 1 saturated heterocycles. The minimum absolute atomic E-state index is 0.0402. The molecular weight excluding hydrogens is 361 g/mol. The standard InChI is InChI=1S/C21H24FN3O3/c1-27-24-14-16-2-4-18(5-3-16)21(26)23-15-20(25-10-12-28-13-11-25)17-6-8-19(22)9-7-17/h2-9,14,20H,10-13,15H2,1H3,(H,23,26)/b24-14+. The number of halogens is 1. The fourth-order valence-electron chi connectivity index (χ4n) is 3.16. The monoisotopic (exact) mass is 385 g/mol. The molecule has 28 heavy (non-hydrogen) atoms. The summed E-state index contributed by atoms with van der Waals surface area (Å²) in [6.07, 6.45) is 1.57. The van der Waals surface area contributed by atoms with Crippen molar-refractivity contribution in [2.24, 2.45) is 5.16 Å². The van der Waals surface area contributed by atoms with Gasteiger partial charge in [-0.2, -0.15) is 0 Å². The first-order valence-corrected chi connectivity index (χ1v) is 9.19. The fourth-order valence-corrected chi connectivity index (χ4v) is 3.16. The van der Waals surface area contributed by atoms with E-state index in [4.69, 9.17) is 4.74 Å². The van der Waals surface area contributed by atoms with Gasteiger partial charge in [-0.05, 0) is 35.4 Å². The number of ether oxygens (including phenoxy) is 1. The Kier molecular flexibility index (Phi) is 7.11. The van der Waals surface area contributed by atoms with Crippen molar-refractivity contribution in [1.82, 2.24) is 10.2 Å². The highest BCUT2D eigenvalue weighted by atomic mass is 19.1. The topological polar surface area (TPSA) is 63.2 Å². The lowest BCUT2D eigenvalue weighted by molar-refractivity contribution is 0.0162. The largest absolute Gasteiger partial charge is 0.399 e. The van der Waals surface area contributed by atoms with E-state index < -0.39 is 0 Å². The minimum Gasteiger partial charge on any atom is -0.399 e. The van der Waals surface area contributed by atoms with Gasteiger partial charge in [0.25, 0.3) is 5.91 Å². The van der Waals surface area contributed by atoms with Crippen molar-refractivity contribution in [2.45, 2.75) is 6.04 Å². The number of nitrogens with zero attached hydrogens (tertiary/aromatic N) is 2. The molecule has 0 bridgehead atoms. The van der Waals surface area contributed by atoms with Crippen LogP contribution in [0.4, 0.5) is 4.39 Å². The van der Waals surface area contributed by atoms with Crippen LogP contribution in [0.15, 0.2) is 53.7 Å². The SMILES string of the molecule is CO/N=C/c1ccc(C(=O)NCC(c2ccc(F)cc2)N2CCOCC2)cc1. The summed E-state index contributed by atoms with van der Waals surface area (Å²) in [5.41, 5.74) is 2.38. The van der Waals surface area contributed by atoms with E-state index in [-0.39, 0.29) is 17.8 Å². The van der Waals surface area contributed by atoms with Crippen molar-refractivity contribution >= 4 is 12.1 Å². The number of hydrogen-bond acceptors (Lipinski definition) is 5. The normalized spacial score (nSPS) is 16.1. The number of carbonyl (C=O) groups is 1. The molecule has 2 aromatic rings. The molecule has 0 spiro atoms. The zero-order valence-electron chi connectivity index (χ0n) is 15.8. The van der Waals surface area contributed by atoms with Crippen molar-refractivity contribution in [1.29, 1.82) is 0 Å². The lowest BCUT2D eigenvalue weighted by Gasteiger charge is -2.35. The van der Waals surface area contributed by atoms with Crippen molar-refractivity contribution < 1.29 is 18.8 Å². The molecule has 7 heteroatoms. The number of hydrogen-bond donors (Lipinski definition) is 1. The van der Waals surface area contributed by atoms with E-state index in [0.29, 0.717) is 25.3 Å². The molecule has 1 aliphatic rings. The van der Waals surface area contributed by atoms with Crippen LogP contribution in [0.3, 0.4) is 0 Å². The van der Waals surface area contributed by atoms with E-state index in [9.17, 15) is 9.18 Å². The molecule has 1 N–H and O–H groups in total. The maximum Gasteiger partial charge on any atom is 0.251 e. The Balaban J connectivity index is 1.67. The zero-order chi connectivity index (χ0) is 19.8. The van der Waals surface area contributed by atoms with E-state index in [1.165, 1.54) is 19.2 Å². The molecule has 0 saturated carbocycles. The summed E-state index contributed by atoms with van der Waals surface area (Å²) in [7, 11) is 1.48. The second-order valence-corrected chi connectivity index (χ2v) is 6.46. The fraction of sp³-hybridized carbons (Fsp3) is 0.333. The van der Waals surface area contributed by atoms with Crippen LogP contribution in [0.2, 0.25) is 0 Å². The number of nitrogens with one attached hydrogen (secondary N) is 1. The van der Waals surface area contributed by atoms with E-state index in [0.717, 1.165) is 24.2 Å². The minimum atomic E-state index is -0.273. The van der Waals surface area contributed by atoms with Crippen LogP contribution < -0.4 is 5.32 Å². The van der Waals surface area contributed by atoms with Gasteiger partial charge in [-0.1, -0.05) is 29.4 Å². The number of amides is 1. The summed E-state index contributed by atoms with van der Waals surface area (Å²) < 4.78 is 18.7. The van der Waals surface area contributed by atoms with E-state index in [1.807, 2.05) is 0 Å². The Morgan fingerprint density at radius 2 is 1.89 bits per heavy atom. The molecule has 0 aromatic heterocycles. The Morgan fingerprint density at radius 1 is 1.21 bits per heavy atom. The van der Waals surface area contributed by atoms with Crippen LogP contribution >= 0.6 is 0 Å². The molecule has 0 aliphatic carbocycles. The van der Waals surface area contributed by atoms with Crippen molar-refractivity contribution in [3.63, 3.8) is 0 Å². The van der Waals surface area contributed by atoms with Gasteiger partial charge in [0.05, 0.1) is 25.5 Å². The summed E-state index contributed by atoms with van der Waals surface area (Å²) in [5, 5.41) is 6.70. The number of morpholine rings is 1. The summed E-state index contributed by atoms with van der Waals surface area (Å²) in [4.78, 5) is 19.5. The summed E-state index contributed by atoms with van der Waals surface area (Å²) >= 11 is 0. The van der Waals surface area contributed by atoms with Crippen LogP contribution in [-0.2, 0) is 9.57 Å². The number of carbonyl (C=O) groups excluding carboxylic acids is 1. The zero-order valence-corrected chi connectivity index (χ0v) is 15.8. The van der Waals surface area contributed by atoms with Crippen LogP contribution in [0.1, 0.15) is 27.5 Å². The first kappa shape index (κ1) is 20.0. The third-order valence-electron chi connectivity index (χ3n) is 4.68. The Hall–Kier alpha value is -2.77. The van der Waals surface area contributed by atoms with Gasteiger partial charge < -0.3 is 14.9 Å². The molecule has 6 nitrogen and oxygen atoms in total. The maximum absolute atomic E-state index is 13.3. The smallest absolute Gasteiger partial charge is 0.251 e. The molecule has 1 fully saturated rings. The van der Waals surface area contributed by atoms with Gasteiger partial charge in [-0.15, -0.1) is 0 Å². The Labute approximate surface area is 163 Å². The van der Waals surface area contributed by atoms with Crippen molar-refractivity contribution in [3.05, 3.63) is 71.0 Å². The molecule has 1 aliphatic heterocycles. The lowest BCUT2D eigenvalue weighted by Crippen LogP contribution is -2.43. The highest BCUT2D eigenvalue weighted by Crippen LogP contribution is 2.22. The summed E-state index contributed by atoms with van der Waals surface area (Å²) in [6, 6.07) is 13.5. The first-order valence-electron chi connectivity index (χ1n) is 9.19. The summed E-state index contributed by atoms with van der Waals surface area (Å²) in [5.74, 6) is -0.429. The van der Waals surface area contributed by atoms with Crippen molar-refractivity contribution in [2.75, 3.05) is 40.0 Å². The van der Waals surface area contributed by atoms with Gasteiger partial charge in [0.2, 0.25) is 0 Å². The molecule has 3 rings (SSSR count). The molecule has 1 atom stereocenters. The third-order valence-corrected chi connectivity index (χ3v) is 4.68.